The highest BCUT2D eigenvalue weighted by molar-refractivity contribution is 6.42. The van der Waals surface area contributed by atoms with Gasteiger partial charge in [-0.1, -0.05) is 29.3 Å². The van der Waals surface area contributed by atoms with Crippen LogP contribution in [-0.4, -0.2) is 24.5 Å². The third-order valence-corrected chi connectivity index (χ3v) is 5.60. The molecular weight excluding hydrogens is 337 g/mol. The molecule has 1 aliphatic heterocycles. The Morgan fingerprint density at radius 2 is 1.78 bits per heavy atom. The molecular formula is C16H17Cl2N3O2. The maximum absolute atomic E-state index is 9.71. The Labute approximate surface area is 145 Å². The maximum Gasteiger partial charge on any atom is 0.168 e. The topological polar surface area (TPSA) is 78.5 Å². The zero-order chi connectivity index (χ0) is 16.5. The third-order valence-electron chi connectivity index (χ3n) is 4.86. The first kappa shape index (κ1) is 16.7. The Kier molecular flexibility index (Phi) is 4.61. The first-order valence-electron chi connectivity index (χ1n) is 7.55. The molecule has 1 spiro atoms. The van der Waals surface area contributed by atoms with Crippen molar-refractivity contribution in [3.8, 4) is 6.07 Å². The van der Waals surface area contributed by atoms with E-state index in [4.69, 9.17) is 38.2 Å². The summed E-state index contributed by atoms with van der Waals surface area (Å²) in [6.45, 7) is 1.19. The van der Waals surface area contributed by atoms with E-state index in [-0.39, 0.29) is 0 Å². The van der Waals surface area contributed by atoms with Gasteiger partial charge in [0.15, 0.2) is 5.79 Å². The highest BCUT2D eigenvalue weighted by Crippen LogP contribution is 2.48. The van der Waals surface area contributed by atoms with Crippen molar-refractivity contribution in [1.82, 2.24) is 0 Å². The van der Waals surface area contributed by atoms with E-state index in [1.807, 2.05) is 0 Å². The predicted molar refractivity (Wildman–Crippen MR) is 85.8 cm³/mol. The normalized spacial score (nSPS) is 23.3. The van der Waals surface area contributed by atoms with Crippen molar-refractivity contribution < 1.29 is 9.47 Å². The molecule has 23 heavy (non-hydrogen) atoms. The smallest absolute Gasteiger partial charge is 0.168 e. The maximum atomic E-state index is 9.71. The summed E-state index contributed by atoms with van der Waals surface area (Å²) in [5.74, 6) is -1.10. The van der Waals surface area contributed by atoms with E-state index >= 15 is 0 Å². The molecule has 1 saturated heterocycles. The van der Waals surface area contributed by atoms with Crippen LogP contribution in [0.5, 0.6) is 0 Å². The van der Waals surface area contributed by atoms with Crippen LogP contribution in [0.4, 0.5) is 0 Å². The molecule has 1 aliphatic carbocycles. The van der Waals surface area contributed by atoms with Gasteiger partial charge in [0.05, 0.1) is 35.2 Å². The Balaban J connectivity index is 1.87. The number of nitrogens with one attached hydrogen (secondary N) is 1. The molecule has 1 aromatic rings. The summed E-state index contributed by atoms with van der Waals surface area (Å²) in [7, 11) is 0. The molecule has 0 radical (unpaired) electrons. The van der Waals surface area contributed by atoms with Crippen LogP contribution >= 0.6 is 23.2 Å². The molecule has 1 unspecified atom stereocenters. The van der Waals surface area contributed by atoms with Crippen LogP contribution in [0.1, 0.15) is 37.2 Å². The van der Waals surface area contributed by atoms with Crippen molar-refractivity contribution in [2.24, 2.45) is 5.11 Å². The fraction of sp³-hybridized carbons (Fsp3) is 0.562. The van der Waals surface area contributed by atoms with Gasteiger partial charge < -0.3 is 9.47 Å². The first-order chi connectivity index (χ1) is 11.0. The van der Waals surface area contributed by atoms with Gasteiger partial charge in [-0.25, -0.2) is 5.53 Å². The second kappa shape index (κ2) is 6.37. The number of benzene rings is 1. The highest BCUT2D eigenvalue weighted by atomic mass is 35.5. The van der Waals surface area contributed by atoms with Gasteiger partial charge in [0, 0.05) is 12.8 Å². The van der Waals surface area contributed by atoms with Crippen molar-refractivity contribution in [3.63, 3.8) is 0 Å². The lowest BCUT2D eigenvalue weighted by atomic mass is 9.69. The van der Waals surface area contributed by atoms with Crippen molar-refractivity contribution in [2.45, 2.75) is 42.9 Å². The molecule has 5 nitrogen and oxygen atoms in total. The average Bonchev–Trinajstić information content (AvgIpc) is 3.02. The summed E-state index contributed by atoms with van der Waals surface area (Å²) in [5.41, 5.74) is 7.68. The van der Waals surface area contributed by atoms with Crippen LogP contribution < -0.4 is 0 Å². The fourth-order valence-electron chi connectivity index (χ4n) is 3.51. The number of hydrogen-bond donors (Lipinski definition) is 1. The number of ether oxygens (including phenoxy) is 2. The van der Waals surface area contributed by atoms with Gasteiger partial charge in [-0.05, 0) is 30.5 Å². The molecule has 1 heterocycles. The van der Waals surface area contributed by atoms with Crippen molar-refractivity contribution >= 4 is 23.2 Å². The van der Waals surface area contributed by atoms with Crippen LogP contribution in [0.25, 0.3) is 0 Å². The zero-order valence-electron chi connectivity index (χ0n) is 12.5. The number of rotatable bonds is 3. The molecule has 3 rings (SSSR count). The molecule has 0 amide bonds. The Hall–Kier alpha value is -1.19. The lowest BCUT2D eigenvalue weighted by molar-refractivity contribution is -0.185. The second-order valence-electron chi connectivity index (χ2n) is 6.06. The fourth-order valence-corrected chi connectivity index (χ4v) is 3.82. The summed E-state index contributed by atoms with van der Waals surface area (Å²) in [6.07, 6.45) is 2.40. The van der Waals surface area contributed by atoms with Gasteiger partial charge in [-0.3, -0.25) is 0 Å². The summed E-state index contributed by atoms with van der Waals surface area (Å²) in [5, 5.41) is 14.4. The van der Waals surface area contributed by atoms with Gasteiger partial charge in [-0.15, -0.1) is 0 Å². The van der Waals surface area contributed by atoms with E-state index in [2.05, 4.69) is 11.2 Å². The predicted octanol–water partition coefficient (Wildman–Crippen LogP) is 4.69. The Morgan fingerprint density at radius 1 is 1.13 bits per heavy atom. The molecule has 2 fully saturated rings. The zero-order valence-corrected chi connectivity index (χ0v) is 14.0. The minimum atomic E-state index is -0.771. The highest BCUT2D eigenvalue weighted by Gasteiger charge is 2.50. The van der Waals surface area contributed by atoms with E-state index in [1.165, 1.54) is 0 Å². The molecule has 0 bridgehead atoms. The standard InChI is InChI=1S/C16H17Cl2N3O2/c17-13-2-1-11(9-14(13)18)12(10-19)15(21-20)3-5-16(6-4-15)22-7-8-23-16/h1-2,9,12,20H,3-8H2. The average molecular weight is 354 g/mol. The van der Waals surface area contributed by atoms with E-state index < -0.39 is 17.2 Å². The number of halogens is 2. The van der Waals surface area contributed by atoms with Crippen molar-refractivity contribution in [1.29, 1.82) is 10.8 Å². The summed E-state index contributed by atoms with van der Waals surface area (Å²) >= 11 is 12.0. The molecule has 1 N–H and O–H groups in total. The molecule has 1 aromatic carbocycles. The summed E-state index contributed by atoms with van der Waals surface area (Å²) < 4.78 is 11.5. The van der Waals surface area contributed by atoms with Crippen molar-refractivity contribution in [2.75, 3.05) is 13.2 Å². The molecule has 2 aliphatic rings. The summed E-state index contributed by atoms with van der Waals surface area (Å²) in [4.78, 5) is 0. The lowest BCUT2D eigenvalue weighted by Gasteiger charge is -2.42. The molecule has 1 atom stereocenters. The van der Waals surface area contributed by atoms with Crippen LogP contribution in [-0.2, 0) is 9.47 Å². The molecule has 7 heteroatoms. The van der Waals surface area contributed by atoms with Gasteiger partial charge in [0.25, 0.3) is 0 Å². The minimum absolute atomic E-state index is 0.402. The Bertz CT molecular complexity index is 643. The van der Waals surface area contributed by atoms with Gasteiger partial charge in [-0.2, -0.15) is 10.4 Å². The number of nitrogens with zero attached hydrogens (tertiary/aromatic N) is 2. The van der Waals surface area contributed by atoms with E-state index in [9.17, 15) is 5.26 Å². The van der Waals surface area contributed by atoms with Crippen molar-refractivity contribution in [3.05, 3.63) is 33.8 Å². The monoisotopic (exact) mass is 353 g/mol. The molecule has 0 aromatic heterocycles. The largest absolute Gasteiger partial charge is 0.348 e. The first-order valence-corrected chi connectivity index (χ1v) is 8.31. The van der Waals surface area contributed by atoms with Crippen LogP contribution in [0.3, 0.4) is 0 Å². The van der Waals surface area contributed by atoms with Crippen LogP contribution in [0, 0.1) is 16.9 Å². The quantitative estimate of drug-likeness (QED) is 0.800. The van der Waals surface area contributed by atoms with Gasteiger partial charge >= 0.3 is 0 Å². The van der Waals surface area contributed by atoms with E-state index in [0.717, 1.165) is 5.56 Å². The van der Waals surface area contributed by atoms with Gasteiger partial charge in [0.1, 0.15) is 5.54 Å². The molecule has 122 valence electrons. The lowest BCUT2D eigenvalue weighted by Crippen LogP contribution is -2.45. The van der Waals surface area contributed by atoms with Crippen LogP contribution in [0.15, 0.2) is 23.3 Å². The van der Waals surface area contributed by atoms with Gasteiger partial charge in [0.2, 0.25) is 0 Å². The van der Waals surface area contributed by atoms with E-state index in [0.29, 0.717) is 48.9 Å². The second-order valence-corrected chi connectivity index (χ2v) is 6.87. The van der Waals surface area contributed by atoms with E-state index in [1.54, 1.807) is 18.2 Å². The molecule has 1 saturated carbocycles. The van der Waals surface area contributed by atoms with Crippen LogP contribution in [0.2, 0.25) is 10.0 Å². The third kappa shape index (κ3) is 2.97. The Morgan fingerprint density at radius 3 is 2.30 bits per heavy atom. The SMILES string of the molecule is N#CC(c1ccc(Cl)c(Cl)c1)C1(N=N)CCC2(CC1)OCCO2. The number of hydrogen-bond acceptors (Lipinski definition) is 5. The minimum Gasteiger partial charge on any atom is -0.348 e. The number of nitriles is 1. The summed E-state index contributed by atoms with van der Waals surface area (Å²) in [6, 6.07) is 7.46.